The summed E-state index contributed by atoms with van der Waals surface area (Å²) in [4.78, 5) is 68.7. The molecule has 2 aliphatic rings. The van der Waals surface area contributed by atoms with Crippen molar-refractivity contribution in [3.05, 3.63) is 53.9 Å². The number of fused-ring (bicyclic) bond motifs is 2. The van der Waals surface area contributed by atoms with E-state index in [-0.39, 0.29) is 44.4 Å². The molecule has 13 heteroatoms. The monoisotopic (exact) mass is 553 g/mol. The molecular weight excluding hydrogens is 518 g/mol. The van der Waals surface area contributed by atoms with Crippen LogP contribution >= 0.6 is 0 Å². The topological polar surface area (TPSA) is 166 Å². The molecule has 0 aliphatic carbocycles. The number of benzene rings is 1. The maximum Gasteiger partial charge on any atom is 0.257 e. The minimum atomic E-state index is -1.10. The molecule has 13 nitrogen and oxygen atoms in total. The standard InChI is InChI=1S/C27H35N7O6/c1-16(2)23-25(37)28-12-19-13-34(26(38)18-10-29-30-11-18)14-21(40-19)24(36)31-20(9-17-7-5-4-6-8-17)27(39)33(3)15-22(35)32-23/h4-8,10-11,16,19-21,23H,9,12-15H2,1-3H3,(H,28,37)(H,29,30)(H,31,36)(H,32,35)/t19-,20+,21+,23-/m0/s1. The lowest BCUT2D eigenvalue weighted by atomic mass is 10.0. The van der Waals surface area contributed by atoms with Crippen molar-refractivity contribution in [2.45, 2.75) is 44.6 Å². The summed E-state index contributed by atoms with van der Waals surface area (Å²) in [6.07, 6.45) is 1.20. The number of morpholine rings is 1. The zero-order valence-electron chi connectivity index (χ0n) is 22.8. The molecule has 2 bridgehead atoms. The Bertz CT molecular complexity index is 1220. The molecule has 40 heavy (non-hydrogen) atoms. The lowest BCUT2D eigenvalue weighted by Gasteiger charge is -2.38. The number of nitrogens with zero attached hydrogens (tertiary/aromatic N) is 3. The van der Waals surface area contributed by atoms with Gasteiger partial charge in [-0.1, -0.05) is 44.2 Å². The summed E-state index contributed by atoms with van der Waals surface area (Å²) in [6.45, 7) is 3.35. The van der Waals surface area contributed by atoms with E-state index in [2.05, 4.69) is 26.1 Å². The lowest BCUT2D eigenvalue weighted by Crippen LogP contribution is -2.59. The Kier molecular flexibility index (Phi) is 9.15. The summed E-state index contributed by atoms with van der Waals surface area (Å²) < 4.78 is 6.04. The van der Waals surface area contributed by atoms with Crippen LogP contribution in [0.5, 0.6) is 0 Å². The van der Waals surface area contributed by atoms with Gasteiger partial charge in [-0.05, 0) is 11.5 Å². The summed E-state index contributed by atoms with van der Waals surface area (Å²) in [5, 5.41) is 14.7. The second kappa shape index (κ2) is 12.7. The smallest absolute Gasteiger partial charge is 0.257 e. The average Bonchev–Trinajstić information content (AvgIpc) is 3.48. The second-order valence-electron chi connectivity index (χ2n) is 10.4. The van der Waals surface area contributed by atoms with E-state index in [1.807, 2.05) is 30.3 Å². The molecule has 3 heterocycles. The third kappa shape index (κ3) is 7.03. The molecule has 2 aromatic rings. The van der Waals surface area contributed by atoms with E-state index >= 15 is 0 Å². The average molecular weight is 554 g/mol. The Labute approximate surface area is 232 Å². The fourth-order valence-electron chi connectivity index (χ4n) is 4.76. The van der Waals surface area contributed by atoms with Crippen LogP contribution < -0.4 is 16.0 Å². The largest absolute Gasteiger partial charge is 0.360 e. The molecule has 0 unspecified atom stereocenters. The molecular formula is C27H35N7O6. The van der Waals surface area contributed by atoms with E-state index in [0.717, 1.165) is 5.56 Å². The Balaban J connectivity index is 1.64. The fraction of sp³-hybridized carbons (Fsp3) is 0.481. The third-order valence-corrected chi connectivity index (χ3v) is 6.92. The van der Waals surface area contributed by atoms with Crippen molar-refractivity contribution in [3.63, 3.8) is 0 Å². The first-order valence-electron chi connectivity index (χ1n) is 13.2. The van der Waals surface area contributed by atoms with Crippen molar-refractivity contribution in [1.82, 2.24) is 35.9 Å². The number of rotatable bonds is 4. The van der Waals surface area contributed by atoms with Crippen molar-refractivity contribution < 1.29 is 28.7 Å². The van der Waals surface area contributed by atoms with Crippen LogP contribution in [0.3, 0.4) is 0 Å². The zero-order chi connectivity index (χ0) is 28.8. The van der Waals surface area contributed by atoms with Crippen LogP contribution in [-0.2, 0) is 30.3 Å². The molecule has 4 atom stereocenters. The van der Waals surface area contributed by atoms with E-state index in [1.165, 1.54) is 29.2 Å². The maximum absolute atomic E-state index is 13.5. The molecule has 2 aliphatic heterocycles. The van der Waals surface area contributed by atoms with Gasteiger partial charge in [0.25, 0.3) is 11.8 Å². The van der Waals surface area contributed by atoms with E-state index in [0.29, 0.717) is 5.56 Å². The van der Waals surface area contributed by atoms with E-state index in [4.69, 9.17) is 4.74 Å². The minimum Gasteiger partial charge on any atom is -0.360 e. The van der Waals surface area contributed by atoms with E-state index in [1.54, 1.807) is 13.8 Å². The predicted octanol–water partition coefficient (Wildman–Crippen LogP) is -0.924. The molecule has 1 aromatic carbocycles. The molecule has 2 fully saturated rings. The molecule has 4 N–H and O–H groups in total. The van der Waals surface area contributed by atoms with Crippen LogP contribution in [0, 0.1) is 5.92 Å². The summed E-state index contributed by atoms with van der Waals surface area (Å²) in [7, 11) is 1.47. The van der Waals surface area contributed by atoms with Gasteiger partial charge < -0.3 is 30.5 Å². The Morgan fingerprint density at radius 3 is 2.50 bits per heavy atom. The summed E-state index contributed by atoms with van der Waals surface area (Å²) in [5.74, 6) is -2.59. The Morgan fingerprint density at radius 2 is 1.82 bits per heavy atom. The van der Waals surface area contributed by atoms with E-state index in [9.17, 15) is 24.0 Å². The number of carbonyl (C=O) groups is 5. The van der Waals surface area contributed by atoms with Gasteiger partial charge in [0.1, 0.15) is 12.1 Å². The summed E-state index contributed by atoms with van der Waals surface area (Å²) in [6, 6.07) is 7.32. The first-order valence-corrected chi connectivity index (χ1v) is 13.2. The Hall–Kier alpha value is -4.26. The van der Waals surface area contributed by atoms with Gasteiger partial charge in [0.15, 0.2) is 6.10 Å². The van der Waals surface area contributed by atoms with Gasteiger partial charge in [-0.2, -0.15) is 5.10 Å². The van der Waals surface area contributed by atoms with Gasteiger partial charge in [0, 0.05) is 32.8 Å². The van der Waals surface area contributed by atoms with Crippen LogP contribution in [0.25, 0.3) is 0 Å². The SMILES string of the molecule is CC(C)[C@@H]1NC(=O)CN(C)C(=O)[C@@H](Cc2ccccc2)NC(=O)[C@H]2CN(C(=O)c3cn[nH]c3)C[C@H](CNC1=O)O2. The molecule has 5 amide bonds. The molecule has 4 rings (SSSR count). The van der Waals surface area contributed by atoms with Gasteiger partial charge in [-0.15, -0.1) is 0 Å². The highest BCUT2D eigenvalue weighted by Gasteiger charge is 2.38. The molecule has 0 spiro atoms. The number of H-pyrrole nitrogens is 1. The number of likely N-dealkylation sites (N-methyl/N-ethyl adjacent to an activating group) is 1. The predicted molar refractivity (Wildman–Crippen MR) is 143 cm³/mol. The highest BCUT2D eigenvalue weighted by atomic mass is 16.5. The van der Waals surface area contributed by atoms with Crippen molar-refractivity contribution in [2.75, 3.05) is 33.2 Å². The summed E-state index contributed by atoms with van der Waals surface area (Å²) >= 11 is 0. The highest BCUT2D eigenvalue weighted by Crippen LogP contribution is 2.16. The van der Waals surface area contributed by atoms with E-state index < -0.39 is 47.9 Å². The zero-order valence-corrected chi connectivity index (χ0v) is 22.8. The number of carbonyl (C=O) groups excluding carboxylic acids is 5. The van der Waals surface area contributed by atoms with Gasteiger partial charge in [0.2, 0.25) is 17.7 Å². The molecule has 0 radical (unpaired) electrons. The molecule has 1 aromatic heterocycles. The number of hydrogen-bond acceptors (Lipinski definition) is 7. The van der Waals surface area contributed by atoms with Crippen LogP contribution in [0.15, 0.2) is 42.7 Å². The fourth-order valence-corrected chi connectivity index (χ4v) is 4.76. The first kappa shape index (κ1) is 28.7. The number of aromatic amines is 1. The lowest BCUT2D eigenvalue weighted by molar-refractivity contribution is -0.148. The number of amides is 5. The van der Waals surface area contributed by atoms with Crippen LogP contribution in [0.4, 0.5) is 0 Å². The Morgan fingerprint density at radius 1 is 1.07 bits per heavy atom. The molecule has 0 saturated carbocycles. The number of aromatic nitrogens is 2. The second-order valence-corrected chi connectivity index (χ2v) is 10.4. The van der Waals surface area contributed by atoms with Crippen molar-refractivity contribution in [2.24, 2.45) is 5.92 Å². The van der Waals surface area contributed by atoms with Crippen molar-refractivity contribution >= 4 is 29.5 Å². The number of ether oxygens (including phenoxy) is 1. The number of nitrogens with one attached hydrogen (secondary N) is 4. The normalized spacial score (nSPS) is 25.0. The molecule has 214 valence electrons. The minimum absolute atomic E-state index is 0.00312. The van der Waals surface area contributed by atoms with Gasteiger partial charge in [-0.25, -0.2) is 0 Å². The quantitative estimate of drug-likeness (QED) is 0.380. The summed E-state index contributed by atoms with van der Waals surface area (Å²) in [5.41, 5.74) is 1.13. The van der Waals surface area contributed by atoms with Gasteiger partial charge in [0.05, 0.1) is 31.0 Å². The van der Waals surface area contributed by atoms with Crippen LogP contribution in [-0.4, -0.2) is 107 Å². The maximum atomic E-state index is 13.5. The van der Waals surface area contributed by atoms with Crippen LogP contribution in [0.1, 0.15) is 29.8 Å². The van der Waals surface area contributed by atoms with Crippen molar-refractivity contribution in [3.8, 4) is 0 Å². The molecule has 2 saturated heterocycles. The third-order valence-electron chi connectivity index (χ3n) is 6.92. The number of hydrogen-bond donors (Lipinski definition) is 4. The van der Waals surface area contributed by atoms with Gasteiger partial charge in [-0.3, -0.25) is 29.1 Å². The highest BCUT2D eigenvalue weighted by molar-refractivity contribution is 5.95. The van der Waals surface area contributed by atoms with Crippen LogP contribution in [0.2, 0.25) is 0 Å². The van der Waals surface area contributed by atoms with Gasteiger partial charge >= 0.3 is 0 Å². The van der Waals surface area contributed by atoms with Crippen molar-refractivity contribution in [1.29, 1.82) is 0 Å². The first-order chi connectivity index (χ1) is 19.1.